The summed E-state index contributed by atoms with van der Waals surface area (Å²) in [5.41, 5.74) is 0.589. The minimum absolute atomic E-state index is 0.589. The van der Waals surface area contributed by atoms with Crippen molar-refractivity contribution in [3.8, 4) is 0 Å². The Labute approximate surface area is 85.3 Å². The third-order valence-corrected chi connectivity index (χ3v) is 5.10. The Bertz CT molecular complexity index is 140. The lowest BCUT2D eigenvalue weighted by molar-refractivity contribution is 0.502. The Hall–Kier alpha value is 0.480. The highest BCUT2D eigenvalue weighted by Gasteiger charge is 2.55. The van der Waals surface area contributed by atoms with Crippen molar-refractivity contribution in [1.82, 2.24) is 0 Å². The third-order valence-electron chi connectivity index (χ3n) is 3.28. The fourth-order valence-corrected chi connectivity index (χ4v) is 3.12. The van der Waals surface area contributed by atoms with Crippen LogP contribution in [0, 0.1) is 11.3 Å². The summed E-state index contributed by atoms with van der Waals surface area (Å²) in [7, 11) is 0. The Morgan fingerprint density at radius 1 is 1.17 bits per heavy atom. The molecule has 12 heavy (non-hydrogen) atoms. The maximum Gasteiger partial charge on any atom is 0.0233 e. The molecule has 1 aliphatic carbocycles. The molecule has 72 valence electrons. The predicted molar refractivity (Wildman–Crippen MR) is 58.7 cm³/mol. The van der Waals surface area contributed by atoms with Crippen LogP contribution in [0.2, 0.25) is 0 Å². The number of unbranched alkanes of at least 4 members (excludes halogenated alkanes) is 3. The van der Waals surface area contributed by atoms with Gasteiger partial charge in [0.25, 0.3) is 0 Å². The zero-order valence-electron chi connectivity index (χ0n) is 8.57. The summed E-state index contributed by atoms with van der Waals surface area (Å²) in [5.74, 6) is 0.953. The van der Waals surface area contributed by atoms with Crippen molar-refractivity contribution < 1.29 is 0 Å². The normalized spacial score (nSPS) is 32.0. The largest absolute Gasteiger partial charge is 0.0881 e. The molecule has 0 spiro atoms. The molecular formula is C11H21Br. The maximum atomic E-state index is 3.74. The first-order valence-corrected chi connectivity index (χ1v) is 6.16. The highest BCUT2D eigenvalue weighted by molar-refractivity contribution is 9.09. The van der Waals surface area contributed by atoms with Crippen LogP contribution in [-0.4, -0.2) is 4.83 Å². The van der Waals surface area contributed by atoms with E-state index in [0.717, 1.165) is 10.7 Å². The molecule has 0 amide bonds. The quantitative estimate of drug-likeness (QED) is 0.488. The van der Waals surface area contributed by atoms with Gasteiger partial charge in [-0.3, -0.25) is 0 Å². The van der Waals surface area contributed by atoms with Crippen LogP contribution in [0.15, 0.2) is 0 Å². The lowest BCUT2D eigenvalue weighted by Crippen LogP contribution is -1.90. The minimum Gasteiger partial charge on any atom is -0.0881 e. The van der Waals surface area contributed by atoms with Gasteiger partial charge in [0.15, 0.2) is 0 Å². The molecule has 1 fully saturated rings. The summed E-state index contributed by atoms with van der Waals surface area (Å²) in [6.07, 6.45) is 7.07. The van der Waals surface area contributed by atoms with Crippen molar-refractivity contribution in [1.29, 1.82) is 0 Å². The van der Waals surface area contributed by atoms with Gasteiger partial charge in [0.2, 0.25) is 0 Å². The summed E-state index contributed by atoms with van der Waals surface area (Å²) in [6.45, 7) is 7.02. The van der Waals surface area contributed by atoms with Gasteiger partial charge in [0.05, 0.1) is 0 Å². The van der Waals surface area contributed by atoms with Gasteiger partial charge in [-0.25, -0.2) is 0 Å². The summed E-state index contributed by atoms with van der Waals surface area (Å²) in [4.78, 5) is 0.798. The van der Waals surface area contributed by atoms with Gasteiger partial charge in [-0.05, 0) is 17.8 Å². The molecule has 0 radical (unpaired) electrons. The van der Waals surface area contributed by atoms with Crippen molar-refractivity contribution in [3.05, 3.63) is 0 Å². The molecular weight excluding hydrogens is 212 g/mol. The van der Waals surface area contributed by atoms with E-state index in [4.69, 9.17) is 0 Å². The second kappa shape index (κ2) is 4.13. The SMILES string of the molecule is CCCCCC[C@@H]1[C@H](Br)C1(C)C. The molecule has 0 aliphatic heterocycles. The van der Waals surface area contributed by atoms with Gasteiger partial charge < -0.3 is 0 Å². The van der Waals surface area contributed by atoms with Crippen LogP contribution in [0.3, 0.4) is 0 Å². The molecule has 1 saturated carbocycles. The molecule has 0 saturated heterocycles. The maximum absolute atomic E-state index is 3.74. The molecule has 1 heteroatoms. The molecule has 1 aliphatic rings. The Morgan fingerprint density at radius 3 is 2.17 bits per heavy atom. The van der Waals surface area contributed by atoms with Gasteiger partial charge in [-0.2, -0.15) is 0 Å². The minimum atomic E-state index is 0.589. The van der Waals surface area contributed by atoms with Crippen molar-refractivity contribution in [2.45, 2.75) is 57.7 Å². The van der Waals surface area contributed by atoms with Gasteiger partial charge in [0.1, 0.15) is 0 Å². The lowest BCUT2D eigenvalue weighted by atomic mass is 10.0. The van der Waals surface area contributed by atoms with E-state index in [-0.39, 0.29) is 0 Å². The van der Waals surface area contributed by atoms with Crippen molar-refractivity contribution >= 4 is 15.9 Å². The van der Waals surface area contributed by atoms with Crippen LogP contribution in [-0.2, 0) is 0 Å². The van der Waals surface area contributed by atoms with E-state index < -0.39 is 0 Å². The summed E-state index contributed by atoms with van der Waals surface area (Å²) < 4.78 is 0. The first-order valence-electron chi connectivity index (χ1n) is 5.24. The second-order valence-electron chi connectivity index (χ2n) is 4.68. The zero-order valence-corrected chi connectivity index (χ0v) is 10.2. The third kappa shape index (κ3) is 2.25. The highest BCUT2D eigenvalue weighted by Crippen LogP contribution is 2.59. The van der Waals surface area contributed by atoms with Crippen LogP contribution in [0.4, 0.5) is 0 Å². The number of rotatable bonds is 5. The number of halogens is 1. The van der Waals surface area contributed by atoms with Crippen LogP contribution in [0.25, 0.3) is 0 Å². The van der Waals surface area contributed by atoms with E-state index in [0.29, 0.717) is 5.41 Å². The van der Waals surface area contributed by atoms with E-state index in [1.807, 2.05) is 0 Å². The van der Waals surface area contributed by atoms with E-state index >= 15 is 0 Å². The standard InChI is InChI=1S/C11H21Br/c1-4-5-6-7-8-9-10(12)11(9,2)3/h9-10H,4-8H2,1-3H3/t9-,10+/m1/s1. The van der Waals surface area contributed by atoms with Gasteiger partial charge in [0, 0.05) is 4.83 Å². The number of alkyl halides is 1. The van der Waals surface area contributed by atoms with E-state index in [1.165, 1.54) is 32.1 Å². The van der Waals surface area contributed by atoms with Crippen LogP contribution >= 0.6 is 15.9 Å². The fourth-order valence-electron chi connectivity index (χ4n) is 1.99. The smallest absolute Gasteiger partial charge is 0.0233 e. The first kappa shape index (κ1) is 10.6. The Balaban J connectivity index is 2.03. The van der Waals surface area contributed by atoms with Gasteiger partial charge in [-0.15, -0.1) is 0 Å². The molecule has 2 atom stereocenters. The highest BCUT2D eigenvalue weighted by atomic mass is 79.9. The first-order chi connectivity index (χ1) is 5.60. The van der Waals surface area contributed by atoms with E-state index in [1.54, 1.807) is 0 Å². The molecule has 0 aromatic carbocycles. The van der Waals surface area contributed by atoms with Crippen LogP contribution in [0.1, 0.15) is 52.9 Å². The molecule has 0 aromatic heterocycles. The molecule has 0 nitrogen and oxygen atoms in total. The van der Waals surface area contributed by atoms with Gasteiger partial charge >= 0.3 is 0 Å². The van der Waals surface area contributed by atoms with Crippen LogP contribution in [0.5, 0.6) is 0 Å². The molecule has 1 rings (SSSR count). The topological polar surface area (TPSA) is 0 Å². The summed E-state index contributed by atoms with van der Waals surface area (Å²) >= 11 is 3.74. The van der Waals surface area contributed by atoms with E-state index in [9.17, 15) is 0 Å². The van der Waals surface area contributed by atoms with Gasteiger partial charge in [-0.1, -0.05) is 62.4 Å². The average molecular weight is 233 g/mol. The molecule has 0 N–H and O–H groups in total. The number of hydrogen-bond acceptors (Lipinski definition) is 0. The molecule has 0 bridgehead atoms. The average Bonchev–Trinajstić information content (AvgIpc) is 2.47. The van der Waals surface area contributed by atoms with E-state index in [2.05, 4.69) is 36.7 Å². The second-order valence-corrected chi connectivity index (χ2v) is 5.67. The summed E-state index contributed by atoms with van der Waals surface area (Å²) in [6, 6.07) is 0. The lowest BCUT2D eigenvalue weighted by Gasteiger charge is -2.01. The Kier molecular flexibility index (Phi) is 3.63. The fraction of sp³-hybridized carbons (Fsp3) is 1.00. The number of hydrogen-bond donors (Lipinski definition) is 0. The Morgan fingerprint density at radius 2 is 1.75 bits per heavy atom. The molecule has 0 aromatic rings. The monoisotopic (exact) mass is 232 g/mol. The molecule has 0 unspecified atom stereocenters. The van der Waals surface area contributed by atoms with Crippen molar-refractivity contribution in [2.24, 2.45) is 11.3 Å². The van der Waals surface area contributed by atoms with Crippen molar-refractivity contribution in [2.75, 3.05) is 0 Å². The van der Waals surface area contributed by atoms with Crippen molar-refractivity contribution in [3.63, 3.8) is 0 Å². The molecule has 0 heterocycles. The van der Waals surface area contributed by atoms with Crippen LogP contribution < -0.4 is 0 Å². The predicted octanol–water partition coefficient (Wildman–Crippen LogP) is 4.38. The summed E-state index contributed by atoms with van der Waals surface area (Å²) in [5, 5.41) is 0. The zero-order chi connectivity index (χ0) is 9.19.